The number of carbonyl (C=O) groups excluding carboxylic acids is 1. The third kappa shape index (κ3) is 8.59. The Morgan fingerprint density at radius 2 is 2.31 bits per heavy atom. The summed E-state index contributed by atoms with van der Waals surface area (Å²) in [7, 11) is 1.97. The Morgan fingerprint density at radius 1 is 1.62 bits per heavy atom. The van der Waals surface area contributed by atoms with Crippen molar-refractivity contribution in [3.8, 4) is 0 Å². The van der Waals surface area contributed by atoms with Gasteiger partial charge in [0.15, 0.2) is 0 Å². The summed E-state index contributed by atoms with van der Waals surface area (Å²) in [5, 5.41) is 9.65. The lowest BCUT2D eigenvalue weighted by Crippen LogP contribution is -2.22. The molecule has 0 bridgehead atoms. The third-order valence-corrected chi connectivity index (χ3v) is 1.42. The normalized spacial score (nSPS) is 8.77. The summed E-state index contributed by atoms with van der Waals surface area (Å²) >= 11 is 0. The summed E-state index contributed by atoms with van der Waals surface area (Å²) < 4.78 is 1.94. The maximum atomic E-state index is 9.65. The van der Waals surface area contributed by atoms with Gasteiger partial charge in [-0.3, -0.25) is 4.98 Å². The van der Waals surface area contributed by atoms with E-state index in [1.54, 1.807) is 0 Å². The van der Waals surface area contributed by atoms with Crippen LogP contribution in [0.2, 0.25) is 0 Å². The molecule has 0 aromatic carbocycles. The number of hydrogen-bond acceptors (Lipinski definition) is 2. The Hall–Kier alpha value is -1.32. The minimum atomic E-state index is -0.943. The van der Waals surface area contributed by atoms with Crippen LogP contribution < -0.4 is 9.67 Å². The van der Waals surface area contributed by atoms with Gasteiger partial charge in [-0.25, -0.2) is 4.57 Å². The van der Waals surface area contributed by atoms with E-state index in [1.807, 2.05) is 37.3 Å². The number of aliphatic carboxylic acids is 1. The summed E-state index contributed by atoms with van der Waals surface area (Å²) in [6.07, 6.45) is 7.56. The minimum absolute atomic E-state index is 0.205. The van der Waals surface area contributed by atoms with Gasteiger partial charge in [0, 0.05) is 5.97 Å². The summed E-state index contributed by atoms with van der Waals surface area (Å²) in [6, 6.07) is 0. The SMILES string of the molecule is CCCCC(=O)[O-].C[n+]1cc[nH]c1. The van der Waals surface area contributed by atoms with E-state index in [2.05, 4.69) is 4.98 Å². The highest BCUT2D eigenvalue weighted by molar-refractivity contribution is 5.63. The number of carboxylic acid groups (broad SMARTS) is 1. The molecule has 0 amide bonds. The monoisotopic (exact) mass is 184 g/mol. The molecule has 0 spiro atoms. The highest BCUT2D eigenvalue weighted by Gasteiger charge is 1.80. The average Bonchev–Trinajstić information content (AvgIpc) is 2.53. The molecule has 0 fully saturated rings. The predicted octanol–water partition coefficient (Wildman–Crippen LogP) is -0.234. The summed E-state index contributed by atoms with van der Waals surface area (Å²) in [5.41, 5.74) is 0. The zero-order valence-corrected chi connectivity index (χ0v) is 8.12. The number of aryl methyl sites for hydroxylation is 1. The fraction of sp³-hybridized carbons (Fsp3) is 0.556. The van der Waals surface area contributed by atoms with Crippen molar-refractivity contribution in [2.24, 2.45) is 7.05 Å². The number of imidazole rings is 1. The van der Waals surface area contributed by atoms with Crippen LogP contribution in [0.15, 0.2) is 18.7 Å². The quantitative estimate of drug-likeness (QED) is 0.659. The van der Waals surface area contributed by atoms with Gasteiger partial charge in [-0.1, -0.05) is 13.3 Å². The second kappa shape index (κ2) is 7.34. The molecule has 0 saturated heterocycles. The van der Waals surface area contributed by atoms with Crippen LogP contribution in [0.3, 0.4) is 0 Å². The molecule has 1 aromatic heterocycles. The van der Waals surface area contributed by atoms with E-state index in [-0.39, 0.29) is 6.42 Å². The average molecular weight is 184 g/mol. The van der Waals surface area contributed by atoms with Crippen LogP contribution in [0.1, 0.15) is 26.2 Å². The van der Waals surface area contributed by atoms with Crippen LogP contribution in [-0.4, -0.2) is 11.0 Å². The van der Waals surface area contributed by atoms with E-state index in [0.717, 1.165) is 12.8 Å². The largest absolute Gasteiger partial charge is 0.550 e. The minimum Gasteiger partial charge on any atom is -0.550 e. The topological polar surface area (TPSA) is 59.8 Å². The number of rotatable bonds is 3. The number of unbranched alkanes of at least 4 members (excludes halogenated alkanes) is 1. The van der Waals surface area contributed by atoms with Crippen molar-refractivity contribution in [2.45, 2.75) is 26.2 Å². The molecule has 0 unspecified atom stereocenters. The lowest BCUT2D eigenvalue weighted by atomic mass is 10.3. The molecule has 74 valence electrons. The molecule has 4 nitrogen and oxygen atoms in total. The lowest BCUT2D eigenvalue weighted by molar-refractivity contribution is -0.670. The van der Waals surface area contributed by atoms with Crippen LogP contribution in [0, 0.1) is 0 Å². The molecule has 1 N–H and O–H groups in total. The molecule has 0 aliphatic rings. The van der Waals surface area contributed by atoms with E-state index in [9.17, 15) is 9.90 Å². The van der Waals surface area contributed by atoms with Gasteiger partial charge in [-0.2, -0.15) is 0 Å². The Morgan fingerprint density at radius 3 is 2.46 bits per heavy atom. The molecule has 0 atom stereocenters. The van der Waals surface area contributed by atoms with Crippen LogP contribution >= 0.6 is 0 Å². The third-order valence-electron chi connectivity index (χ3n) is 1.42. The second-order valence-corrected chi connectivity index (χ2v) is 2.75. The zero-order chi connectivity index (χ0) is 10.1. The van der Waals surface area contributed by atoms with E-state index in [0.29, 0.717) is 0 Å². The number of H-pyrrole nitrogens is 1. The highest BCUT2D eigenvalue weighted by Crippen LogP contribution is 1.89. The number of carboxylic acids is 1. The maximum Gasteiger partial charge on any atom is 0.241 e. The smallest absolute Gasteiger partial charge is 0.241 e. The van der Waals surface area contributed by atoms with E-state index in [1.165, 1.54) is 0 Å². The van der Waals surface area contributed by atoms with Gasteiger partial charge in [0.25, 0.3) is 0 Å². The second-order valence-electron chi connectivity index (χ2n) is 2.75. The standard InChI is InChI=1S/C5H10O2.C4H6N2/c1-2-3-4-5(6)7;1-6-3-2-5-4-6/h2-4H2,1H3,(H,6,7);2-4H,1H3. The first-order chi connectivity index (χ1) is 6.16. The number of nitrogens with one attached hydrogen (secondary N) is 1. The van der Waals surface area contributed by atoms with E-state index in [4.69, 9.17) is 0 Å². The van der Waals surface area contributed by atoms with Gasteiger partial charge in [-0.15, -0.1) is 0 Å². The summed E-state index contributed by atoms with van der Waals surface area (Å²) in [6.45, 7) is 1.95. The first-order valence-electron chi connectivity index (χ1n) is 4.34. The molecular weight excluding hydrogens is 168 g/mol. The number of aromatic amines is 1. The van der Waals surface area contributed by atoms with Crippen LogP contribution in [0.4, 0.5) is 0 Å². The lowest BCUT2D eigenvalue weighted by Gasteiger charge is -1.95. The molecule has 0 aliphatic carbocycles. The van der Waals surface area contributed by atoms with Crippen LogP contribution in [-0.2, 0) is 11.8 Å². The van der Waals surface area contributed by atoms with Gasteiger partial charge in [0.2, 0.25) is 6.33 Å². The molecule has 0 radical (unpaired) electrons. The number of nitrogens with zero attached hydrogens (tertiary/aromatic N) is 1. The predicted molar refractivity (Wildman–Crippen MR) is 46.5 cm³/mol. The van der Waals surface area contributed by atoms with Crippen molar-refractivity contribution in [3.63, 3.8) is 0 Å². The van der Waals surface area contributed by atoms with Gasteiger partial charge in [0.1, 0.15) is 12.4 Å². The number of aromatic nitrogens is 2. The van der Waals surface area contributed by atoms with E-state index >= 15 is 0 Å². The maximum absolute atomic E-state index is 9.65. The van der Waals surface area contributed by atoms with Crippen molar-refractivity contribution >= 4 is 5.97 Å². The number of hydrogen-bond donors (Lipinski definition) is 1. The molecule has 1 heterocycles. The highest BCUT2D eigenvalue weighted by atomic mass is 16.4. The number of carbonyl (C=O) groups is 1. The van der Waals surface area contributed by atoms with Crippen molar-refractivity contribution in [1.29, 1.82) is 0 Å². The summed E-state index contributed by atoms with van der Waals surface area (Å²) in [5.74, 6) is -0.943. The van der Waals surface area contributed by atoms with Crippen molar-refractivity contribution in [2.75, 3.05) is 0 Å². The Labute approximate surface area is 78.2 Å². The molecule has 0 saturated carbocycles. The van der Waals surface area contributed by atoms with Crippen molar-refractivity contribution < 1.29 is 14.5 Å². The van der Waals surface area contributed by atoms with Crippen molar-refractivity contribution in [3.05, 3.63) is 18.7 Å². The van der Waals surface area contributed by atoms with Gasteiger partial charge >= 0.3 is 0 Å². The molecule has 0 aliphatic heterocycles. The Bertz CT molecular complexity index is 220. The molecule has 4 heteroatoms. The molecule has 13 heavy (non-hydrogen) atoms. The first-order valence-corrected chi connectivity index (χ1v) is 4.34. The Kier molecular flexibility index (Phi) is 6.59. The zero-order valence-electron chi connectivity index (χ0n) is 8.12. The molecule has 1 aromatic rings. The van der Waals surface area contributed by atoms with Crippen LogP contribution in [0.5, 0.6) is 0 Å². The Balaban J connectivity index is 0.000000223. The van der Waals surface area contributed by atoms with Crippen molar-refractivity contribution in [1.82, 2.24) is 4.98 Å². The van der Waals surface area contributed by atoms with Gasteiger partial charge < -0.3 is 9.90 Å². The van der Waals surface area contributed by atoms with E-state index < -0.39 is 5.97 Å². The summed E-state index contributed by atoms with van der Waals surface area (Å²) in [4.78, 5) is 12.5. The fourth-order valence-corrected chi connectivity index (χ4v) is 0.685. The fourth-order valence-electron chi connectivity index (χ4n) is 0.685. The van der Waals surface area contributed by atoms with Gasteiger partial charge in [0.05, 0.1) is 7.05 Å². The van der Waals surface area contributed by atoms with Gasteiger partial charge in [-0.05, 0) is 12.8 Å². The van der Waals surface area contributed by atoms with Crippen LogP contribution in [0.25, 0.3) is 0 Å². The molecule has 1 rings (SSSR count). The molecular formula is C9H16N2O2. The first kappa shape index (κ1) is 11.7.